The fraction of sp³-hybridized carbons (Fsp3) is 0.722. The molecule has 0 amide bonds. The Morgan fingerprint density at radius 3 is 2.05 bits per heavy atom. The van der Waals surface area contributed by atoms with Crippen molar-refractivity contribution in [3.8, 4) is 0 Å². The van der Waals surface area contributed by atoms with Crippen molar-refractivity contribution in [2.45, 2.75) is 45.7 Å². The minimum absolute atomic E-state index is 0.102. The summed E-state index contributed by atoms with van der Waals surface area (Å²) in [7, 11) is 2.18. The van der Waals surface area contributed by atoms with E-state index in [1.54, 1.807) is 0 Å². The highest BCUT2D eigenvalue weighted by atomic mass is 15.3. The van der Waals surface area contributed by atoms with Crippen molar-refractivity contribution in [3.05, 3.63) is 24.5 Å². The van der Waals surface area contributed by atoms with Crippen LogP contribution in [0.2, 0.25) is 0 Å². The lowest BCUT2D eigenvalue weighted by molar-refractivity contribution is 0.0545. The number of piperazine rings is 1. The quantitative estimate of drug-likeness (QED) is 0.853. The first-order chi connectivity index (χ1) is 10.2. The van der Waals surface area contributed by atoms with Crippen LogP contribution in [0.15, 0.2) is 24.5 Å². The maximum absolute atomic E-state index is 4.11. The zero-order valence-corrected chi connectivity index (χ0v) is 15.1. The number of anilines is 1. The molecule has 4 nitrogen and oxygen atoms in total. The van der Waals surface area contributed by atoms with Gasteiger partial charge in [0.2, 0.25) is 0 Å². The van der Waals surface area contributed by atoms with Crippen molar-refractivity contribution < 1.29 is 0 Å². The van der Waals surface area contributed by atoms with Crippen LogP contribution in [0, 0.1) is 0 Å². The van der Waals surface area contributed by atoms with Crippen molar-refractivity contribution in [2.24, 2.45) is 0 Å². The van der Waals surface area contributed by atoms with Gasteiger partial charge in [-0.15, -0.1) is 0 Å². The van der Waals surface area contributed by atoms with Gasteiger partial charge < -0.3 is 4.90 Å². The Hall–Kier alpha value is -1.13. The van der Waals surface area contributed by atoms with E-state index in [1.165, 1.54) is 18.8 Å². The van der Waals surface area contributed by atoms with Gasteiger partial charge in [0.1, 0.15) is 0 Å². The summed E-state index contributed by atoms with van der Waals surface area (Å²) in [5, 5.41) is 0. The van der Waals surface area contributed by atoms with Crippen LogP contribution in [0.1, 0.15) is 34.6 Å². The molecule has 0 radical (unpaired) electrons. The number of likely N-dealkylation sites (N-methyl/N-ethyl adjacent to an activating group) is 1. The van der Waals surface area contributed by atoms with Gasteiger partial charge in [0, 0.05) is 68.9 Å². The summed E-state index contributed by atoms with van der Waals surface area (Å²) in [6.45, 7) is 17.3. The van der Waals surface area contributed by atoms with Crippen LogP contribution in [-0.2, 0) is 0 Å². The Kier molecular flexibility index (Phi) is 5.13. The lowest BCUT2D eigenvalue weighted by Crippen LogP contribution is -2.58. The fourth-order valence-electron chi connectivity index (χ4n) is 3.15. The molecular formula is C18H32N4. The van der Waals surface area contributed by atoms with Gasteiger partial charge in [-0.25, -0.2) is 0 Å². The molecule has 1 fully saturated rings. The molecule has 1 saturated heterocycles. The lowest BCUT2D eigenvalue weighted by atomic mass is 10.00. The normalized spacial score (nSPS) is 18.5. The predicted molar refractivity (Wildman–Crippen MR) is 94.5 cm³/mol. The summed E-state index contributed by atoms with van der Waals surface area (Å²) in [4.78, 5) is 11.7. The molecule has 1 aliphatic heterocycles. The number of hydrogen-bond donors (Lipinski definition) is 0. The molecule has 0 aliphatic carbocycles. The first kappa shape index (κ1) is 17.2. The summed E-state index contributed by atoms with van der Waals surface area (Å²) in [5.74, 6) is 0. The Morgan fingerprint density at radius 2 is 1.55 bits per heavy atom. The second-order valence-electron chi connectivity index (χ2n) is 8.01. The molecule has 0 N–H and O–H groups in total. The molecule has 2 heterocycles. The molecule has 0 atom stereocenters. The molecule has 0 unspecified atom stereocenters. The van der Waals surface area contributed by atoms with Gasteiger partial charge >= 0.3 is 0 Å². The van der Waals surface area contributed by atoms with E-state index < -0.39 is 0 Å². The second-order valence-corrected chi connectivity index (χ2v) is 8.01. The molecule has 0 aromatic carbocycles. The van der Waals surface area contributed by atoms with E-state index in [0.29, 0.717) is 0 Å². The predicted octanol–water partition coefficient (Wildman–Crippen LogP) is 2.71. The largest absolute Gasteiger partial charge is 0.368 e. The molecule has 1 aromatic heterocycles. The third kappa shape index (κ3) is 4.20. The van der Waals surface area contributed by atoms with E-state index in [4.69, 9.17) is 0 Å². The molecule has 0 spiro atoms. The average Bonchev–Trinajstić information content (AvgIpc) is 2.46. The number of pyridine rings is 1. The van der Waals surface area contributed by atoms with Gasteiger partial charge in [0.05, 0.1) is 0 Å². The highest BCUT2D eigenvalue weighted by Crippen LogP contribution is 2.23. The Labute approximate surface area is 136 Å². The Bertz CT molecular complexity index is 456. The van der Waals surface area contributed by atoms with Gasteiger partial charge in [0.15, 0.2) is 0 Å². The Balaban J connectivity index is 1.93. The molecule has 4 heteroatoms. The van der Waals surface area contributed by atoms with Crippen molar-refractivity contribution in [3.63, 3.8) is 0 Å². The molecule has 2 rings (SSSR count). The standard InChI is InChI=1S/C18H32N4/c1-17(2,3)22-13-11-21(12-14-22)15-18(4,5)20(6)16-7-9-19-10-8-16/h7-10H,11-15H2,1-6H3. The summed E-state index contributed by atoms with van der Waals surface area (Å²) in [6, 6.07) is 4.17. The van der Waals surface area contributed by atoms with Gasteiger partial charge in [0.25, 0.3) is 0 Å². The number of rotatable bonds is 4. The second kappa shape index (κ2) is 6.55. The smallest absolute Gasteiger partial charge is 0.0469 e. The monoisotopic (exact) mass is 304 g/mol. The topological polar surface area (TPSA) is 22.6 Å². The summed E-state index contributed by atoms with van der Waals surface area (Å²) < 4.78 is 0. The minimum atomic E-state index is 0.102. The molecule has 0 saturated carbocycles. The molecule has 22 heavy (non-hydrogen) atoms. The van der Waals surface area contributed by atoms with Crippen LogP contribution >= 0.6 is 0 Å². The van der Waals surface area contributed by atoms with Gasteiger partial charge in [-0.2, -0.15) is 0 Å². The van der Waals surface area contributed by atoms with Crippen molar-refractivity contribution in [1.82, 2.24) is 14.8 Å². The molecule has 1 aromatic rings. The molecule has 1 aliphatic rings. The first-order valence-electron chi connectivity index (χ1n) is 8.31. The van der Waals surface area contributed by atoms with Crippen LogP contribution < -0.4 is 4.90 Å². The zero-order valence-electron chi connectivity index (χ0n) is 15.1. The van der Waals surface area contributed by atoms with Gasteiger partial charge in [-0.05, 0) is 46.8 Å². The van der Waals surface area contributed by atoms with E-state index >= 15 is 0 Å². The summed E-state index contributed by atoms with van der Waals surface area (Å²) in [5.41, 5.74) is 1.62. The van der Waals surface area contributed by atoms with E-state index in [9.17, 15) is 0 Å². The average molecular weight is 304 g/mol. The SMILES string of the molecule is CN(c1ccncc1)C(C)(C)CN1CCN(C(C)(C)C)CC1. The van der Waals surface area contributed by atoms with Crippen molar-refractivity contribution in [1.29, 1.82) is 0 Å². The third-order valence-corrected chi connectivity index (χ3v) is 4.89. The Morgan fingerprint density at radius 1 is 1.00 bits per heavy atom. The van der Waals surface area contributed by atoms with Crippen molar-refractivity contribution in [2.75, 3.05) is 44.7 Å². The molecule has 0 bridgehead atoms. The van der Waals surface area contributed by atoms with Gasteiger partial charge in [-0.1, -0.05) is 0 Å². The number of nitrogens with zero attached hydrogens (tertiary/aromatic N) is 4. The third-order valence-electron chi connectivity index (χ3n) is 4.89. The van der Waals surface area contributed by atoms with Crippen LogP contribution in [-0.4, -0.2) is 65.6 Å². The fourth-order valence-corrected chi connectivity index (χ4v) is 3.15. The minimum Gasteiger partial charge on any atom is -0.368 e. The molecule has 124 valence electrons. The van der Waals surface area contributed by atoms with Crippen LogP contribution in [0.4, 0.5) is 5.69 Å². The van der Waals surface area contributed by atoms with E-state index in [0.717, 1.165) is 19.6 Å². The van der Waals surface area contributed by atoms with Crippen LogP contribution in [0.25, 0.3) is 0 Å². The first-order valence-corrected chi connectivity index (χ1v) is 8.31. The highest BCUT2D eigenvalue weighted by molar-refractivity contribution is 5.46. The molecular weight excluding hydrogens is 272 g/mol. The maximum Gasteiger partial charge on any atom is 0.0469 e. The summed E-state index contributed by atoms with van der Waals surface area (Å²) in [6.07, 6.45) is 3.73. The van der Waals surface area contributed by atoms with Gasteiger partial charge in [-0.3, -0.25) is 14.8 Å². The maximum atomic E-state index is 4.11. The summed E-state index contributed by atoms with van der Waals surface area (Å²) >= 11 is 0. The number of aromatic nitrogens is 1. The van der Waals surface area contributed by atoms with E-state index in [1.807, 2.05) is 12.4 Å². The van der Waals surface area contributed by atoms with Crippen LogP contribution in [0.5, 0.6) is 0 Å². The number of hydrogen-bond acceptors (Lipinski definition) is 4. The highest BCUT2D eigenvalue weighted by Gasteiger charge is 2.31. The zero-order chi connectivity index (χ0) is 16.4. The van der Waals surface area contributed by atoms with Crippen molar-refractivity contribution >= 4 is 5.69 Å². The van der Waals surface area contributed by atoms with Crippen LogP contribution in [0.3, 0.4) is 0 Å². The van der Waals surface area contributed by atoms with E-state index in [-0.39, 0.29) is 11.1 Å². The van der Waals surface area contributed by atoms with E-state index in [2.05, 4.69) is 73.5 Å². The lowest BCUT2D eigenvalue weighted by Gasteiger charge is -2.46.